The SMILES string of the molecule is Cc1ccc2c3c(cnn3C)c(=O)n(CCC(=O)O)c2c1. The van der Waals surface area contributed by atoms with Crippen LogP contribution >= 0.6 is 0 Å². The molecule has 2 aromatic heterocycles. The molecule has 0 aliphatic rings. The van der Waals surface area contributed by atoms with E-state index in [1.165, 1.54) is 10.8 Å². The van der Waals surface area contributed by atoms with E-state index in [9.17, 15) is 9.59 Å². The van der Waals surface area contributed by atoms with E-state index in [4.69, 9.17) is 5.11 Å². The summed E-state index contributed by atoms with van der Waals surface area (Å²) in [6, 6.07) is 5.83. The first-order valence-corrected chi connectivity index (χ1v) is 6.65. The lowest BCUT2D eigenvalue weighted by atomic mass is 10.1. The Morgan fingerprint density at radius 2 is 2.10 bits per heavy atom. The summed E-state index contributed by atoms with van der Waals surface area (Å²) in [6.07, 6.45) is 1.45. The largest absolute Gasteiger partial charge is 0.481 e. The molecule has 1 aromatic carbocycles. The van der Waals surface area contributed by atoms with Crippen LogP contribution in [0.1, 0.15) is 12.0 Å². The quantitative estimate of drug-likeness (QED) is 0.794. The van der Waals surface area contributed by atoms with Gasteiger partial charge in [0.15, 0.2) is 0 Å². The van der Waals surface area contributed by atoms with Crippen molar-refractivity contribution >= 4 is 27.8 Å². The van der Waals surface area contributed by atoms with Gasteiger partial charge in [-0.3, -0.25) is 14.3 Å². The number of hydrogen-bond acceptors (Lipinski definition) is 3. The number of pyridine rings is 1. The molecule has 2 heterocycles. The first kappa shape index (κ1) is 13.4. The number of nitrogens with zero attached hydrogens (tertiary/aromatic N) is 3. The highest BCUT2D eigenvalue weighted by Gasteiger charge is 2.14. The van der Waals surface area contributed by atoms with Crippen LogP contribution in [0.15, 0.2) is 29.2 Å². The van der Waals surface area contributed by atoms with Gasteiger partial charge >= 0.3 is 5.97 Å². The molecule has 0 spiro atoms. The molecule has 1 N–H and O–H groups in total. The predicted octanol–water partition coefficient (Wildman–Crippen LogP) is 1.67. The van der Waals surface area contributed by atoms with Crippen LogP contribution in [-0.4, -0.2) is 25.4 Å². The molecule has 6 heteroatoms. The molecule has 3 aromatic rings. The number of aliphatic carboxylic acids is 1. The van der Waals surface area contributed by atoms with Crippen molar-refractivity contribution < 1.29 is 9.90 Å². The topological polar surface area (TPSA) is 77.1 Å². The average Bonchev–Trinajstić information content (AvgIpc) is 2.81. The maximum Gasteiger partial charge on any atom is 0.305 e. The summed E-state index contributed by atoms with van der Waals surface area (Å²) in [5.74, 6) is -0.922. The van der Waals surface area contributed by atoms with Crippen molar-refractivity contribution in [3.05, 3.63) is 40.3 Å². The Balaban J connectivity index is 2.42. The number of carboxylic acid groups (broad SMARTS) is 1. The maximum absolute atomic E-state index is 12.6. The monoisotopic (exact) mass is 285 g/mol. The minimum absolute atomic E-state index is 0.0886. The normalized spacial score (nSPS) is 11.3. The van der Waals surface area contributed by atoms with E-state index in [0.29, 0.717) is 5.39 Å². The Hall–Kier alpha value is -2.63. The second-order valence-corrected chi connectivity index (χ2v) is 5.15. The van der Waals surface area contributed by atoms with E-state index in [-0.39, 0.29) is 18.5 Å². The second-order valence-electron chi connectivity index (χ2n) is 5.15. The molecular weight excluding hydrogens is 270 g/mol. The number of carboxylic acids is 1. The summed E-state index contributed by atoms with van der Waals surface area (Å²) < 4.78 is 3.20. The van der Waals surface area contributed by atoms with Crippen LogP contribution in [0.4, 0.5) is 0 Å². The van der Waals surface area contributed by atoms with Crippen molar-refractivity contribution in [2.75, 3.05) is 0 Å². The highest BCUT2D eigenvalue weighted by molar-refractivity contribution is 6.03. The van der Waals surface area contributed by atoms with Crippen molar-refractivity contribution in [3.63, 3.8) is 0 Å². The molecule has 0 aliphatic carbocycles. The number of rotatable bonds is 3. The van der Waals surface area contributed by atoms with Gasteiger partial charge in [-0.15, -0.1) is 0 Å². The number of hydrogen-bond donors (Lipinski definition) is 1. The number of benzene rings is 1. The third-order valence-corrected chi connectivity index (χ3v) is 3.66. The van der Waals surface area contributed by atoms with E-state index in [0.717, 1.165) is 22.0 Å². The van der Waals surface area contributed by atoms with Crippen LogP contribution in [0.3, 0.4) is 0 Å². The Morgan fingerprint density at radius 3 is 2.81 bits per heavy atom. The first-order chi connectivity index (χ1) is 9.99. The molecule has 0 saturated carbocycles. The van der Waals surface area contributed by atoms with Crippen LogP contribution in [0, 0.1) is 6.92 Å². The van der Waals surface area contributed by atoms with Crippen molar-refractivity contribution in [3.8, 4) is 0 Å². The van der Waals surface area contributed by atoms with Gasteiger partial charge in [-0.25, -0.2) is 0 Å². The summed E-state index contributed by atoms with van der Waals surface area (Å²) >= 11 is 0. The van der Waals surface area contributed by atoms with Gasteiger partial charge in [-0.05, 0) is 18.6 Å². The fraction of sp³-hybridized carbons (Fsp3) is 0.267. The average molecular weight is 285 g/mol. The fourth-order valence-electron chi connectivity index (χ4n) is 2.66. The van der Waals surface area contributed by atoms with Crippen molar-refractivity contribution in [1.29, 1.82) is 0 Å². The fourth-order valence-corrected chi connectivity index (χ4v) is 2.66. The molecule has 0 bridgehead atoms. The smallest absolute Gasteiger partial charge is 0.305 e. The standard InChI is InChI=1S/C15H15N3O3/c1-9-3-4-10-12(7-9)18(6-5-13(19)20)15(21)11-8-16-17(2)14(10)11/h3-4,7-8H,5-6H2,1-2H3,(H,19,20). The summed E-state index contributed by atoms with van der Waals surface area (Å²) in [5.41, 5.74) is 2.35. The van der Waals surface area contributed by atoms with Gasteiger partial charge in [-0.1, -0.05) is 12.1 Å². The van der Waals surface area contributed by atoms with E-state index < -0.39 is 5.97 Å². The Labute approximate surface area is 120 Å². The zero-order valence-electron chi connectivity index (χ0n) is 11.8. The molecule has 0 unspecified atom stereocenters. The number of aryl methyl sites for hydroxylation is 3. The van der Waals surface area contributed by atoms with Crippen LogP contribution in [0.2, 0.25) is 0 Å². The summed E-state index contributed by atoms with van der Waals surface area (Å²) in [4.78, 5) is 23.4. The van der Waals surface area contributed by atoms with Gasteiger partial charge in [0.2, 0.25) is 0 Å². The lowest BCUT2D eigenvalue weighted by Gasteiger charge is -2.11. The number of carbonyl (C=O) groups is 1. The number of fused-ring (bicyclic) bond motifs is 3. The summed E-state index contributed by atoms with van der Waals surface area (Å²) in [5, 5.41) is 14.4. The Morgan fingerprint density at radius 1 is 1.33 bits per heavy atom. The predicted molar refractivity (Wildman–Crippen MR) is 79.5 cm³/mol. The molecule has 21 heavy (non-hydrogen) atoms. The van der Waals surface area contributed by atoms with E-state index in [1.54, 1.807) is 11.7 Å². The van der Waals surface area contributed by atoms with Gasteiger partial charge in [0.1, 0.15) is 0 Å². The van der Waals surface area contributed by atoms with E-state index in [2.05, 4.69) is 5.10 Å². The van der Waals surface area contributed by atoms with Gasteiger partial charge in [0, 0.05) is 19.0 Å². The van der Waals surface area contributed by atoms with Gasteiger partial charge in [0.25, 0.3) is 5.56 Å². The van der Waals surface area contributed by atoms with Crippen LogP contribution in [-0.2, 0) is 18.4 Å². The van der Waals surface area contributed by atoms with Crippen LogP contribution < -0.4 is 5.56 Å². The van der Waals surface area contributed by atoms with Crippen LogP contribution in [0.25, 0.3) is 21.8 Å². The third kappa shape index (κ3) is 2.08. The van der Waals surface area contributed by atoms with Crippen molar-refractivity contribution in [1.82, 2.24) is 14.3 Å². The van der Waals surface area contributed by atoms with Crippen LogP contribution in [0.5, 0.6) is 0 Å². The van der Waals surface area contributed by atoms with Gasteiger partial charge in [0.05, 0.1) is 29.0 Å². The summed E-state index contributed by atoms with van der Waals surface area (Å²) in [7, 11) is 1.79. The minimum Gasteiger partial charge on any atom is -0.481 e. The molecule has 0 radical (unpaired) electrons. The zero-order chi connectivity index (χ0) is 15.1. The van der Waals surface area contributed by atoms with E-state index >= 15 is 0 Å². The molecule has 108 valence electrons. The zero-order valence-corrected chi connectivity index (χ0v) is 11.8. The number of aromatic nitrogens is 3. The minimum atomic E-state index is -0.922. The molecule has 6 nitrogen and oxygen atoms in total. The highest BCUT2D eigenvalue weighted by Crippen LogP contribution is 2.23. The molecular formula is C15H15N3O3. The molecule has 0 fully saturated rings. The maximum atomic E-state index is 12.6. The molecule has 3 rings (SSSR count). The lowest BCUT2D eigenvalue weighted by molar-refractivity contribution is -0.137. The third-order valence-electron chi connectivity index (χ3n) is 3.66. The van der Waals surface area contributed by atoms with Crippen molar-refractivity contribution in [2.45, 2.75) is 19.9 Å². The molecule has 0 amide bonds. The van der Waals surface area contributed by atoms with Gasteiger partial charge < -0.3 is 9.67 Å². The highest BCUT2D eigenvalue weighted by atomic mass is 16.4. The summed E-state index contributed by atoms with van der Waals surface area (Å²) in [6.45, 7) is 2.10. The molecule has 0 atom stereocenters. The second kappa shape index (κ2) is 4.73. The molecule has 0 aliphatic heterocycles. The van der Waals surface area contributed by atoms with Crippen molar-refractivity contribution in [2.24, 2.45) is 7.05 Å². The van der Waals surface area contributed by atoms with Gasteiger partial charge in [-0.2, -0.15) is 5.10 Å². The lowest BCUT2D eigenvalue weighted by Crippen LogP contribution is -2.22. The first-order valence-electron chi connectivity index (χ1n) is 6.65. The Kier molecular flexibility index (Phi) is 3.01. The van der Waals surface area contributed by atoms with E-state index in [1.807, 2.05) is 25.1 Å². The molecule has 0 saturated heterocycles. The Bertz CT molecular complexity index is 921.